The Balaban J connectivity index is 2.16. The van der Waals surface area contributed by atoms with Crippen molar-refractivity contribution in [3.8, 4) is 0 Å². The molecule has 2 aromatic rings. The number of anilines is 1. The molecule has 0 spiro atoms. The van der Waals surface area contributed by atoms with E-state index in [9.17, 15) is 22.8 Å². The second-order valence-electron chi connectivity index (χ2n) is 4.09. The molecule has 0 saturated heterocycles. The van der Waals surface area contributed by atoms with E-state index in [2.05, 4.69) is 10.3 Å². The molecule has 0 fully saturated rings. The maximum atomic E-state index is 12.4. The molecule has 0 aliphatic heterocycles. The van der Waals surface area contributed by atoms with Crippen LogP contribution in [-0.2, 0) is 6.18 Å². The lowest BCUT2D eigenvalue weighted by Gasteiger charge is -2.08. The first-order valence-electron chi connectivity index (χ1n) is 5.64. The van der Waals surface area contributed by atoms with Crippen molar-refractivity contribution in [2.75, 3.05) is 5.32 Å². The molecule has 1 aromatic carbocycles. The van der Waals surface area contributed by atoms with Crippen LogP contribution < -0.4 is 10.9 Å². The van der Waals surface area contributed by atoms with Crippen LogP contribution in [0.2, 0.25) is 5.02 Å². The summed E-state index contributed by atoms with van der Waals surface area (Å²) in [6.45, 7) is 0. The molecule has 2 N–H and O–H groups in total. The van der Waals surface area contributed by atoms with Crippen molar-refractivity contribution < 1.29 is 18.0 Å². The fourth-order valence-corrected chi connectivity index (χ4v) is 1.70. The molecule has 0 unspecified atom stereocenters. The van der Waals surface area contributed by atoms with Gasteiger partial charge in [-0.25, -0.2) is 0 Å². The van der Waals surface area contributed by atoms with Crippen LogP contribution in [0.3, 0.4) is 0 Å². The third-order valence-corrected chi connectivity index (χ3v) is 2.87. The number of halogens is 4. The van der Waals surface area contributed by atoms with Gasteiger partial charge in [0.25, 0.3) is 11.5 Å². The number of hydrogen-bond acceptors (Lipinski definition) is 2. The maximum absolute atomic E-state index is 12.4. The van der Waals surface area contributed by atoms with Crippen molar-refractivity contribution in [2.24, 2.45) is 0 Å². The molecule has 0 bridgehead atoms. The number of carbonyl (C=O) groups is 1. The van der Waals surface area contributed by atoms with E-state index in [-0.39, 0.29) is 16.3 Å². The standard InChI is InChI=1S/C13H8ClF3N2O2/c14-10-5-7(6-18-12(10)21)11(20)19-9-3-1-8(2-4-9)13(15,16)17/h1-6H,(H,18,21)(H,19,20). The van der Waals surface area contributed by atoms with Crippen LogP contribution in [0.5, 0.6) is 0 Å². The number of hydrogen-bond donors (Lipinski definition) is 2. The van der Waals surface area contributed by atoms with Crippen LogP contribution in [0.4, 0.5) is 18.9 Å². The Labute approximate surface area is 121 Å². The molecule has 1 aromatic heterocycles. The zero-order chi connectivity index (χ0) is 15.6. The van der Waals surface area contributed by atoms with Crippen molar-refractivity contribution in [3.05, 3.63) is 63.0 Å². The minimum atomic E-state index is -4.44. The Morgan fingerprint density at radius 1 is 1.19 bits per heavy atom. The third-order valence-electron chi connectivity index (χ3n) is 2.59. The van der Waals surface area contributed by atoms with E-state index in [0.717, 1.165) is 30.5 Å². The monoisotopic (exact) mass is 316 g/mol. The first kappa shape index (κ1) is 15.1. The number of nitrogens with one attached hydrogen (secondary N) is 2. The van der Waals surface area contributed by atoms with Crippen molar-refractivity contribution in [3.63, 3.8) is 0 Å². The van der Waals surface area contributed by atoms with E-state index < -0.39 is 23.2 Å². The fourth-order valence-electron chi connectivity index (χ4n) is 1.53. The number of carbonyl (C=O) groups excluding carboxylic acids is 1. The summed E-state index contributed by atoms with van der Waals surface area (Å²) in [7, 11) is 0. The number of aromatic amines is 1. The van der Waals surface area contributed by atoms with Crippen LogP contribution in [-0.4, -0.2) is 10.9 Å². The van der Waals surface area contributed by atoms with Gasteiger partial charge in [0.1, 0.15) is 5.02 Å². The van der Waals surface area contributed by atoms with Crippen molar-refractivity contribution in [1.82, 2.24) is 4.98 Å². The molecule has 110 valence electrons. The highest BCUT2D eigenvalue weighted by Gasteiger charge is 2.29. The molecule has 21 heavy (non-hydrogen) atoms. The van der Waals surface area contributed by atoms with Crippen molar-refractivity contribution >= 4 is 23.2 Å². The minimum absolute atomic E-state index is 0.0829. The summed E-state index contributed by atoms with van der Waals surface area (Å²) >= 11 is 5.58. The number of pyridine rings is 1. The Morgan fingerprint density at radius 3 is 2.33 bits per heavy atom. The van der Waals surface area contributed by atoms with Gasteiger partial charge in [-0.1, -0.05) is 11.6 Å². The summed E-state index contributed by atoms with van der Waals surface area (Å²) in [5, 5.41) is 2.24. The summed E-state index contributed by atoms with van der Waals surface area (Å²) in [4.78, 5) is 25.2. The van der Waals surface area contributed by atoms with Gasteiger partial charge in [-0.2, -0.15) is 13.2 Å². The van der Waals surface area contributed by atoms with Gasteiger partial charge in [0.15, 0.2) is 0 Å². The SMILES string of the molecule is O=C(Nc1ccc(C(F)(F)F)cc1)c1c[nH]c(=O)c(Cl)c1. The van der Waals surface area contributed by atoms with Crippen LogP contribution in [0.15, 0.2) is 41.3 Å². The van der Waals surface area contributed by atoms with E-state index in [0.29, 0.717) is 0 Å². The van der Waals surface area contributed by atoms with Crippen LogP contribution in [0, 0.1) is 0 Å². The average molecular weight is 317 g/mol. The van der Waals surface area contributed by atoms with E-state index in [1.54, 1.807) is 0 Å². The predicted octanol–water partition coefficient (Wildman–Crippen LogP) is 3.30. The summed E-state index contributed by atoms with van der Waals surface area (Å²) in [6, 6.07) is 5.15. The molecule has 4 nitrogen and oxygen atoms in total. The lowest BCUT2D eigenvalue weighted by Crippen LogP contribution is -2.15. The van der Waals surface area contributed by atoms with Gasteiger partial charge in [0.05, 0.1) is 11.1 Å². The highest BCUT2D eigenvalue weighted by Crippen LogP contribution is 2.29. The number of rotatable bonds is 2. The Kier molecular flexibility index (Phi) is 4.04. The molecule has 8 heteroatoms. The molecular weight excluding hydrogens is 309 g/mol. The van der Waals surface area contributed by atoms with Crippen LogP contribution in [0.25, 0.3) is 0 Å². The van der Waals surface area contributed by atoms with E-state index >= 15 is 0 Å². The molecule has 0 aliphatic carbocycles. The lowest BCUT2D eigenvalue weighted by molar-refractivity contribution is -0.137. The van der Waals surface area contributed by atoms with Gasteiger partial charge in [0, 0.05) is 11.9 Å². The highest BCUT2D eigenvalue weighted by molar-refractivity contribution is 6.30. The molecule has 0 saturated carbocycles. The number of amides is 1. The second-order valence-corrected chi connectivity index (χ2v) is 4.50. The average Bonchev–Trinajstić information content (AvgIpc) is 2.41. The second kappa shape index (κ2) is 5.61. The third kappa shape index (κ3) is 3.63. The van der Waals surface area contributed by atoms with Crippen molar-refractivity contribution in [1.29, 1.82) is 0 Å². The zero-order valence-corrected chi connectivity index (χ0v) is 11.0. The molecule has 0 atom stereocenters. The van der Waals surface area contributed by atoms with E-state index in [1.807, 2.05) is 0 Å². The van der Waals surface area contributed by atoms with Crippen molar-refractivity contribution in [2.45, 2.75) is 6.18 Å². The summed E-state index contributed by atoms with van der Waals surface area (Å²) < 4.78 is 37.2. The molecule has 2 rings (SSSR count). The highest BCUT2D eigenvalue weighted by atomic mass is 35.5. The van der Waals surface area contributed by atoms with Gasteiger partial charge in [-0.15, -0.1) is 0 Å². The normalized spacial score (nSPS) is 11.2. The van der Waals surface area contributed by atoms with Gasteiger partial charge in [-0.05, 0) is 30.3 Å². The van der Waals surface area contributed by atoms with Gasteiger partial charge >= 0.3 is 6.18 Å². The molecule has 1 heterocycles. The van der Waals surface area contributed by atoms with Crippen LogP contribution in [0.1, 0.15) is 15.9 Å². The molecule has 1 amide bonds. The number of alkyl halides is 3. The number of aromatic nitrogens is 1. The fraction of sp³-hybridized carbons (Fsp3) is 0.0769. The van der Waals surface area contributed by atoms with Gasteiger partial charge < -0.3 is 10.3 Å². The first-order valence-corrected chi connectivity index (χ1v) is 6.02. The number of benzene rings is 1. The summed E-state index contributed by atoms with van der Waals surface area (Å²) in [5.74, 6) is -0.604. The van der Waals surface area contributed by atoms with Crippen LogP contribution >= 0.6 is 11.6 Å². The predicted molar refractivity (Wildman–Crippen MR) is 71.5 cm³/mol. The number of H-pyrrole nitrogens is 1. The summed E-state index contributed by atoms with van der Waals surface area (Å²) in [6.07, 6.45) is -3.28. The Bertz CT molecular complexity index is 723. The Hall–Kier alpha value is -2.28. The molecule has 0 aliphatic rings. The molecule has 0 radical (unpaired) electrons. The van der Waals surface area contributed by atoms with Gasteiger partial charge in [0.2, 0.25) is 0 Å². The summed E-state index contributed by atoms with van der Waals surface area (Å²) in [5.41, 5.74) is -1.08. The first-order chi connectivity index (χ1) is 9.77. The maximum Gasteiger partial charge on any atom is 0.416 e. The van der Waals surface area contributed by atoms with E-state index in [1.165, 1.54) is 6.07 Å². The molecular formula is C13H8ClF3N2O2. The van der Waals surface area contributed by atoms with E-state index in [4.69, 9.17) is 11.6 Å². The lowest BCUT2D eigenvalue weighted by atomic mass is 10.2. The Morgan fingerprint density at radius 2 is 1.81 bits per heavy atom. The quantitative estimate of drug-likeness (QED) is 0.893. The topological polar surface area (TPSA) is 62.0 Å². The largest absolute Gasteiger partial charge is 0.416 e. The zero-order valence-electron chi connectivity index (χ0n) is 10.3. The minimum Gasteiger partial charge on any atom is -0.327 e. The van der Waals surface area contributed by atoms with Gasteiger partial charge in [-0.3, -0.25) is 9.59 Å². The smallest absolute Gasteiger partial charge is 0.327 e.